The van der Waals surface area contributed by atoms with E-state index in [9.17, 15) is 13.2 Å². The first-order chi connectivity index (χ1) is 17.8. The van der Waals surface area contributed by atoms with Gasteiger partial charge in [0.1, 0.15) is 0 Å². The second kappa shape index (κ2) is 11.2. The lowest BCUT2D eigenvalue weighted by Gasteiger charge is -2.26. The molecule has 3 aromatic rings. The van der Waals surface area contributed by atoms with Gasteiger partial charge in [0.05, 0.1) is 16.8 Å². The molecular weight excluding hydrogens is 530 g/mol. The molecule has 1 aromatic carbocycles. The molecule has 1 amide bonds. The molecule has 0 aliphatic carbocycles. The summed E-state index contributed by atoms with van der Waals surface area (Å²) in [7, 11) is -3.32. The highest BCUT2D eigenvalue weighted by atomic mass is 35.5. The van der Waals surface area contributed by atoms with Gasteiger partial charge in [0.15, 0.2) is 0 Å². The first-order valence-corrected chi connectivity index (χ1v) is 15.8. The molecule has 4 heterocycles. The topological polar surface area (TPSA) is 87.5 Å². The van der Waals surface area contributed by atoms with E-state index in [4.69, 9.17) is 16.7 Å². The van der Waals surface area contributed by atoms with E-state index in [2.05, 4.69) is 14.9 Å². The average molecular weight is 562 g/mol. The fourth-order valence-corrected chi connectivity index (χ4v) is 6.76. The van der Waals surface area contributed by atoms with Crippen LogP contribution in [0.4, 0.5) is 0 Å². The summed E-state index contributed by atoms with van der Waals surface area (Å²) in [6.45, 7) is 5.25. The summed E-state index contributed by atoms with van der Waals surface area (Å²) in [5.74, 6) is -0.139. The summed E-state index contributed by atoms with van der Waals surface area (Å²) >= 11 is 7.88. The first kappa shape index (κ1) is 26.4. The van der Waals surface area contributed by atoms with Crippen LogP contribution >= 0.6 is 22.9 Å². The van der Waals surface area contributed by atoms with Crippen LogP contribution in [-0.4, -0.2) is 65.7 Å². The number of thiophene rings is 1. The number of amides is 1. The Bertz CT molecular complexity index is 1360. The molecule has 0 unspecified atom stereocenters. The highest BCUT2D eigenvalue weighted by Crippen LogP contribution is 2.33. The minimum Gasteiger partial charge on any atom is -0.347 e. The summed E-state index contributed by atoms with van der Waals surface area (Å²) < 4.78 is 28.3. The molecule has 1 fully saturated rings. The molecule has 2 aromatic heterocycles. The number of carbonyl (C=O) groups excluding carboxylic acids is 1. The van der Waals surface area contributed by atoms with Crippen molar-refractivity contribution in [2.75, 3.05) is 32.4 Å². The molecule has 1 N–H and O–H groups in total. The van der Waals surface area contributed by atoms with Gasteiger partial charge < -0.3 is 10.2 Å². The van der Waals surface area contributed by atoms with E-state index in [0.29, 0.717) is 29.4 Å². The van der Waals surface area contributed by atoms with Crippen molar-refractivity contribution in [1.82, 2.24) is 24.3 Å². The molecule has 0 bridgehead atoms. The highest BCUT2D eigenvalue weighted by Gasteiger charge is 2.30. The Balaban J connectivity index is 1.41. The van der Waals surface area contributed by atoms with Crippen molar-refractivity contribution in [2.45, 2.75) is 45.3 Å². The number of aryl methyl sites for hydroxylation is 1. The average Bonchev–Trinajstić information content (AvgIpc) is 3.64. The Morgan fingerprint density at radius 3 is 2.70 bits per heavy atom. The van der Waals surface area contributed by atoms with Gasteiger partial charge in [-0.15, -0.1) is 11.3 Å². The maximum absolute atomic E-state index is 12.4. The summed E-state index contributed by atoms with van der Waals surface area (Å²) in [5, 5.41) is 10.4. The first-order valence-electron chi connectivity index (χ1n) is 12.7. The molecule has 0 spiro atoms. The summed E-state index contributed by atoms with van der Waals surface area (Å²) in [6.07, 6.45) is 5.44. The summed E-state index contributed by atoms with van der Waals surface area (Å²) in [6, 6.07) is 9.32. The van der Waals surface area contributed by atoms with Crippen molar-refractivity contribution >= 4 is 38.9 Å². The second-order valence-corrected chi connectivity index (χ2v) is 13.0. The minimum absolute atomic E-state index is 0.139. The van der Waals surface area contributed by atoms with E-state index in [0.717, 1.165) is 47.6 Å². The molecular formula is C26H32ClN5O3S2. The monoisotopic (exact) mass is 561 g/mol. The molecule has 0 saturated carbocycles. The van der Waals surface area contributed by atoms with Crippen LogP contribution in [0.15, 0.2) is 35.7 Å². The van der Waals surface area contributed by atoms with E-state index in [1.807, 2.05) is 29.6 Å². The van der Waals surface area contributed by atoms with Crippen molar-refractivity contribution in [2.24, 2.45) is 0 Å². The quantitative estimate of drug-likeness (QED) is 0.427. The largest absolute Gasteiger partial charge is 0.347 e. The van der Waals surface area contributed by atoms with Gasteiger partial charge in [-0.2, -0.15) is 9.40 Å². The fraction of sp³-hybridized carbons (Fsp3) is 0.462. The maximum atomic E-state index is 12.4. The number of hydrogen-bond donors (Lipinski definition) is 1. The number of rotatable bonds is 9. The zero-order chi connectivity index (χ0) is 26.0. The molecule has 2 aliphatic heterocycles. The van der Waals surface area contributed by atoms with Crippen LogP contribution in [0.25, 0.3) is 11.3 Å². The van der Waals surface area contributed by atoms with Crippen LogP contribution in [-0.2, 0) is 36.1 Å². The fourth-order valence-electron chi connectivity index (χ4n) is 5.14. The minimum atomic E-state index is -3.32. The SMILES string of the molecule is CS(=O)(=O)N1CCc2c(c(-c3ccc(Cl)c(CNC(=O)c4cccs4)c3)nn2CCCN2CCCC2)C1. The van der Waals surface area contributed by atoms with Crippen LogP contribution in [0.1, 0.15) is 45.8 Å². The number of carbonyl (C=O) groups is 1. The number of benzene rings is 1. The molecule has 0 radical (unpaired) electrons. The number of nitrogens with zero attached hydrogens (tertiary/aromatic N) is 4. The van der Waals surface area contributed by atoms with Crippen LogP contribution in [0, 0.1) is 0 Å². The summed E-state index contributed by atoms with van der Waals surface area (Å²) in [5.41, 5.74) is 4.51. The van der Waals surface area contributed by atoms with Gasteiger partial charge in [-0.05, 0) is 68.0 Å². The Hall–Kier alpha value is -2.24. The number of likely N-dealkylation sites (tertiary alicyclic amines) is 1. The zero-order valence-corrected chi connectivity index (χ0v) is 23.3. The highest BCUT2D eigenvalue weighted by molar-refractivity contribution is 7.88. The van der Waals surface area contributed by atoms with Gasteiger partial charge in [-0.3, -0.25) is 9.48 Å². The lowest BCUT2D eigenvalue weighted by atomic mass is 10.0. The van der Waals surface area contributed by atoms with Crippen molar-refractivity contribution < 1.29 is 13.2 Å². The molecule has 5 rings (SSSR count). The molecule has 0 atom stereocenters. The van der Waals surface area contributed by atoms with E-state index >= 15 is 0 Å². The van der Waals surface area contributed by atoms with Crippen molar-refractivity contribution in [3.05, 3.63) is 62.4 Å². The summed E-state index contributed by atoms with van der Waals surface area (Å²) in [4.78, 5) is 15.6. The van der Waals surface area contributed by atoms with Gasteiger partial charge >= 0.3 is 0 Å². The Morgan fingerprint density at radius 1 is 1.16 bits per heavy atom. The predicted molar refractivity (Wildman–Crippen MR) is 147 cm³/mol. The number of hydrogen-bond acceptors (Lipinski definition) is 6. The number of nitrogens with one attached hydrogen (secondary N) is 1. The predicted octanol–water partition coefficient (Wildman–Crippen LogP) is 4.00. The van der Waals surface area contributed by atoms with Crippen molar-refractivity contribution in [3.8, 4) is 11.3 Å². The third kappa shape index (κ3) is 6.09. The van der Waals surface area contributed by atoms with Crippen LogP contribution in [0.3, 0.4) is 0 Å². The van der Waals surface area contributed by atoms with Gasteiger partial charge in [0.2, 0.25) is 10.0 Å². The normalized spacial score (nSPS) is 16.7. The zero-order valence-electron chi connectivity index (χ0n) is 21.0. The lowest BCUT2D eigenvalue weighted by Crippen LogP contribution is -2.35. The standard InChI is InChI=1S/C26H32ClN5O3S2/c1-37(34,35)31-14-9-23-21(18-31)25(29-32(23)13-5-12-30-10-2-3-11-30)19-7-8-22(27)20(16-19)17-28-26(33)24-6-4-15-36-24/h4,6-8,15-16H,2-3,5,9-14,17-18H2,1H3,(H,28,33). The molecule has 1 saturated heterocycles. The maximum Gasteiger partial charge on any atom is 0.261 e. The van der Waals surface area contributed by atoms with E-state index < -0.39 is 10.0 Å². The Labute approximate surface area is 227 Å². The van der Waals surface area contributed by atoms with E-state index in [1.165, 1.54) is 47.8 Å². The van der Waals surface area contributed by atoms with E-state index in [1.54, 1.807) is 6.07 Å². The molecule has 2 aliphatic rings. The van der Waals surface area contributed by atoms with Crippen LogP contribution in [0.2, 0.25) is 5.02 Å². The lowest BCUT2D eigenvalue weighted by molar-refractivity contribution is 0.0955. The number of halogens is 1. The molecule has 198 valence electrons. The number of fused-ring (bicyclic) bond motifs is 1. The third-order valence-corrected chi connectivity index (χ3v) is 9.60. The number of aromatic nitrogens is 2. The smallest absolute Gasteiger partial charge is 0.261 e. The Morgan fingerprint density at radius 2 is 1.97 bits per heavy atom. The number of sulfonamides is 1. The van der Waals surface area contributed by atoms with Crippen LogP contribution < -0.4 is 5.32 Å². The van der Waals surface area contributed by atoms with Crippen molar-refractivity contribution in [1.29, 1.82) is 0 Å². The van der Waals surface area contributed by atoms with Gasteiger partial charge in [-0.1, -0.05) is 23.7 Å². The van der Waals surface area contributed by atoms with Gasteiger partial charge in [0.25, 0.3) is 5.91 Å². The third-order valence-electron chi connectivity index (χ3n) is 7.11. The molecule has 8 nitrogen and oxygen atoms in total. The van der Waals surface area contributed by atoms with Gasteiger partial charge in [0, 0.05) is 54.4 Å². The second-order valence-electron chi connectivity index (χ2n) is 9.71. The molecule has 37 heavy (non-hydrogen) atoms. The Kier molecular flexibility index (Phi) is 8.02. The van der Waals surface area contributed by atoms with Gasteiger partial charge in [-0.25, -0.2) is 8.42 Å². The van der Waals surface area contributed by atoms with Crippen molar-refractivity contribution in [3.63, 3.8) is 0 Å². The molecule has 11 heteroatoms. The van der Waals surface area contributed by atoms with Crippen LogP contribution in [0.5, 0.6) is 0 Å². The van der Waals surface area contributed by atoms with E-state index in [-0.39, 0.29) is 12.5 Å².